The standard InChI is InChI=1S/C13H18O4S/c1-4-17-13(14)11(3)18(15,16)9-12-8-6-5-7-10(12)2/h5-8,11H,4,9H2,1-3H3. The summed E-state index contributed by atoms with van der Waals surface area (Å²) >= 11 is 0. The minimum absolute atomic E-state index is 0.139. The Morgan fingerprint density at radius 3 is 2.50 bits per heavy atom. The largest absolute Gasteiger partial charge is 0.465 e. The average molecular weight is 270 g/mol. The van der Waals surface area contributed by atoms with Crippen molar-refractivity contribution >= 4 is 15.8 Å². The number of carbonyl (C=O) groups is 1. The number of benzene rings is 1. The van der Waals surface area contributed by atoms with Crippen molar-refractivity contribution in [1.82, 2.24) is 0 Å². The van der Waals surface area contributed by atoms with Crippen LogP contribution >= 0.6 is 0 Å². The van der Waals surface area contributed by atoms with Gasteiger partial charge in [-0.1, -0.05) is 24.3 Å². The zero-order chi connectivity index (χ0) is 13.8. The predicted octanol–water partition coefficient (Wildman–Crippen LogP) is 1.86. The number of sulfone groups is 1. The van der Waals surface area contributed by atoms with Crippen LogP contribution in [0.15, 0.2) is 24.3 Å². The van der Waals surface area contributed by atoms with Crippen molar-refractivity contribution in [2.75, 3.05) is 6.61 Å². The van der Waals surface area contributed by atoms with Gasteiger partial charge in [0.1, 0.15) is 0 Å². The van der Waals surface area contributed by atoms with E-state index in [1.54, 1.807) is 19.1 Å². The van der Waals surface area contributed by atoms with E-state index < -0.39 is 21.1 Å². The first-order valence-corrected chi connectivity index (χ1v) is 7.52. The molecule has 0 aliphatic carbocycles. The Labute approximate surface area is 108 Å². The number of hydrogen-bond acceptors (Lipinski definition) is 4. The summed E-state index contributed by atoms with van der Waals surface area (Å²) in [6, 6.07) is 7.23. The normalized spacial score (nSPS) is 13.1. The first-order chi connectivity index (χ1) is 8.38. The quantitative estimate of drug-likeness (QED) is 0.766. The van der Waals surface area contributed by atoms with Gasteiger partial charge in [-0.15, -0.1) is 0 Å². The molecule has 100 valence electrons. The summed E-state index contributed by atoms with van der Waals surface area (Å²) in [5, 5.41) is -1.13. The zero-order valence-electron chi connectivity index (χ0n) is 10.8. The highest BCUT2D eigenvalue weighted by Gasteiger charge is 2.29. The predicted molar refractivity (Wildman–Crippen MR) is 69.9 cm³/mol. The highest BCUT2D eigenvalue weighted by molar-refractivity contribution is 7.92. The van der Waals surface area contributed by atoms with Crippen LogP contribution in [0, 0.1) is 6.92 Å². The molecule has 1 unspecified atom stereocenters. The first-order valence-electron chi connectivity index (χ1n) is 5.81. The SMILES string of the molecule is CCOC(=O)C(C)S(=O)(=O)Cc1ccccc1C. The molecule has 0 aliphatic heterocycles. The number of ether oxygens (including phenoxy) is 1. The average Bonchev–Trinajstić information content (AvgIpc) is 2.31. The van der Waals surface area contributed by atoms with E-state index >= 15 is 0 Å². The second kappa shape index (κ2) is 6.00. The van der Waals surface area contributed by atoms with Crippen LogP contribution in [0.3, 0.4) is 0 Å². The molecule has 0 bridgehead atoms. The lowest BCUT2D eigenvalue weighted by Gasteiger charge is -2.12. The van der Waals surface area contributed by atoms with Gasteiger partial charge in [-0.3, -0.25) is 4.79 Å². The summed E-state index contributed by atoms with van der Waals surface area (Å²) < 4.78 is 28.9. The van der Waals surface area contributed by atoms with Gasteiger partial charge in [0.25, 0.3) is 0 Å². The van der Waals surface area contributed by atoms with Crippen LogP contribution < -0.4 is 0 Å². The molecule has 5 heteroatoms. The third-order valence-electron chi connectivity index (χ3n) is 2.78. The van der Waals surface area contributed by atoms with E-state index in [4.69, 9.17) is 4.74 Å². The molecule has 0 N–H and O–H groups in total. The Kier molecular flexibility index (Phi) is 4.90. The van der Waals surface area contributed by atoms with E-state index in [0.717, 1.165) is 5.56 Å². The molecule has 0 amide bonds. The van der Waals surface area contributed by atoms with E-state index in [1.807, 2.05) is 19.1 Å². The maximum Gasteiger partial charge on any atom is 0.324 e. The first kappa shape index (κ1) is 14.7. The van der Waals surface area contributed by atoms with Gasteiger partial charge in [0.15, 0.2) is 15.1 Å². The fourth-order valence-corrected chi connectivity index (χ4v) is 2.89. The molecule has 0 saturated carbocycles. The molecule has 0 aliphatic rings. The fraction of sp³-hybridized carbons (Fsp3) is 0.462. The summed E-state index contributed by atoms with van der Waals surface area (Å²) in [5.74, 6) is -0.828. The monoisotopic (exact) mass is 270 g/mol. The topological polar surface area (TPSA) is 60.4 Å². The lowest BCUT2D eigenvalue weighted by molar-refractivity contribution is -0.142. The molecule has 1 rings (SSSR count). The van der Waals surface area contributed by atoms with E-state index in [9.17, 15) is 13.2 Å². The molecule has 0 radical (unpaired) electrons. The third kappa shape index (κ3) is 3.57. The van der Waals surface area contributed by atoms with Crippen LogP contribution in [-0.2, 0) is 25.1 Å². The van der Waals surface area contributed by atoms with Gasteiger partial charge in [0, 0.05) is 0 Å². The fourth-order valence-electron chi connectivity index (χ4n) is 1.52. The highest BCUT2D eigenvalue weighted by Crippen LogP contribution is 2.15. The molecule has 4 nitrogen and oxygen atoms in total. The van der Waals surface area contributed by atoms with Crippen molar-refractivity contribution in [1.29, 1.82) is 0 Å². The van der Waals surface area contributed by atoms with Crippen LogP contribution in [0.2, 0.25) is 0 Å². The number of rotatable bonds is 5. The van der Waals surface area contributed by atoms with Gasteiger partial charge in [-0.2, -0.15) is 0 Å². The van der Waals surface area contributed by atoms with Crippen LogP contribution in [0.25, 0.3) is 0 Å². The van der Waals surface area contributed by atoms with Crippen molar-refractivity contribution < 1.29 is 17.9 Å². The van der Waals surface area contributed by atoms with E-state index in [2.05, 4.69) is 0 Å². The smallest absolute Gasteiger partial charge is 0.324 e. The molecule has 0 spiro atoms. The Morgan fingerprint density at radius 1 is 1.33 bits per heavy atom. The molecule has 18 heavy (non-hydrogen) atoms. The molecule has 0 aromatic heterocycles. The maximum atomic E-state index is 12.1. The summed E-state index contributed by atoms with van der Waals surface area (Å²) in [7, 11) is -3.53. The van der Waals surface area contributed by atoms with E-state index in [-0.39, 0.29) is 12.4 Å². The van der Waals surface area contributed by atoms with Gasteiger partial charge in [0.2, 0.25) is 0 Å². The van der Waals surface area contributed by atoms with Crippen LogP contribution in [-0.4, -0.2) is 26.2 Å². The molecule has 0 heterocycles. The minimum Gasteiger partial charge on any atom is -0.465 e. The third-order valence-corrected chi connectivity index (χ3v) is 4.76. The van der Waals surface area contributed by atoms with Gasteiger partial charge in [-0.05, 0) is 31.9 Å². The lowest BCUT2D eigenvalue weighted by Crippen LogP contribution is -2.30. The van der Waals surface area contributed by atoms with Gasteiger partial charge in [0.05, 0.1) is 12.4 Å². The number of aryl methyl sites for hydroxylation is 1. The Bertz CT molecular complexity index is 520. The second-order valence-electron chi connectivity index (χ2n) is 4.13. The van der Waals surface area contributed by atoms with Crippen LogP contribution in [0.4, 0.5) is 0 Å². The second-order valence-corrected chi connectivity index (χ2v) is 6.45. The number of carbonyl (C=O) groups excluding carboxylic acids is 1. The van der Waals surface area contributed by atoms with Crippen molar-refractivity contribution in [3.05, 3.63) is 35.4 Å². The Balaban J connectivity index is 2.89. The van der Waals surface area contributed by atoms with Crippen molar-refractivity contribution in [3.8, 4) is 0 Å². The number of esters is 1. The molecular formula is C13H18O4S. The molecule has 0 fully saturated rings. The number of hydrogen-bond donors (Lipinski definition) is 0. The van der Waals surface area contributed by atoms with Crippen LogP contribution in [0.1, 0.15) is 25.0 Å². The van der Waals surface area contributed by atoms with E-state index in [1.165, 1.54) is 6.92 Å². The van der Waals surface area contributed by atoms with E-state index in [0.29, 0.717) is 5.56 Å². The van der Waals surface area contributed by atoms with Gasteiger partial charge >= 0.3 is 5.97 Å². The molecule has 1 atom stereocenters. The Morgan fingerprint density at radius 2 is 1.94 bits per heavy atom. The summed E-state index contributed by atoms with van der Waals surface area (Å²) in [6.45, 7) is 5.05. The van der Waals surface area contributed by atoms with Crippen molar-refractivity contribution in [2.45, 2.75) is 31.8 Å². The highest BCUT2D eigenvalue weighted by atomic mass is 32.2. The van der Waals surface area contributed by atoms with Crippen molar-refractivity contribution in [2.24, 2.45) is 0 Å². The van der Waals surface area contributed by atoms with Gasteiger partial charge < -0.3 is 4.74 Å². The van der Waals surface area contributed by atoms with Crippen LogP contribution in [0.5, 0.6) is 0 Å². The van der Waals surface area contributed by atoms with Gasteiger partial charge in [-0.25, -0.2) is 8.42 Å². The molecular weight excluding hydrogens is 252 g/mol. The Hall–Kier alpha value is -1.36. The molecule has 1 aromatic carbocycles. The summed E-state index contributed by atoms with van der Waals surface area (Å²) in [5.41, 5.74) is 1.62. The lowest BCUT2D eigenvalue weighted by atomic mass is 10.1. The van der Waals surface area contributed by atoms with Crippen molar-refractivity contribution in [3.63, 3.8) is 0 Å². The summed E-state index contributed by atoms with van der Waals surface area (Å²) in [4.78, 5) is 11.5. The summed E-state index contributed by atoms with van der Waals surface area (Å²) in [6.07, 6.45) is 0. The molecule has 0 saturated heterocycles. The minimum atomic E-state index is -3.53. The molecule has 1 aromatic rings. The zero-order valence-corrected chi connectivity index (χ0v) is 11.7. The maximum absolute atomic E-state index is 12.1.